The van der Waals surface area contributed by atoms with Gasteiger partial charge in [-0.15, -0.1) is 5.06 Å². The Hall–Kier alpha value is -4.47. The van der Waals surface area contributed by atoms with Crippen molar-refractivity contribution in [3.63, 3.8) is 0 Å². The second-order valence-corrected chi connectivity index (χ2v) is 22.2. The van der Waals surface area contributed by atoms with Crippen LogP contribution in [0.25, 0.3) is 0 Å². The van der Waals surface area contributed by atoms with Crippen LogP contribution >= 0.6 is 0 Å². The molecule has 1 aromatic carbocycles. The Morgan fingerprint density at radius 2 is 1.48 bits per heavy atom. The van der Waals surface area contributed by atoms with E-state index in [4.69, 9.17) is 4.84 Å². The summed E-state index contributed by atoms with van der Waals surface area (Å²) >= 11 is 0. The van der Waals surface area contributed by atoms with Gasteiger partial charge >= 0.3 is 144 Å². The molecule has 2 unspecified atom stereocenters. The Bertz CT molecular complexity index is 2600. The molecule has 0 spiro atoms. The first-order chi connectivity index (χ1) is 29.7. The minimum Gasteiger partial charge on any atom is -0.330 e. The number of hydrazone groups is 1. The number of benzene rings is 1. The van der Waals surface area contributed by atoms with E-state index < -0.39 is 85.5 Å². The zero-order chi connectivity index (χ0) is 47.7. The Morgan fingerprint density at radius 3 is 2.11 bits per heavy atom. The molecule has 0 bridgehead atoms. The van der Waals surface area contributed by atoms with E-state index in [1.807, 2.05) is 11.5 Å². The van der Waals surface area contributed by atoms with Gasteiger partial charge in [0.2, 0.25) is 5.69 Å². The topological polar surface area (TPSA) is 301 Å². The molecular formula is C38H53BN5O16S4+. The molecule has 352 valence electrons. The predicted molar refractivity (Wildman–Crippen MR) is 234 cm³/mol. The van der Waals surface area contributed by atoms with Gasteiger partial charge < -0.3 is 4.84 Å². The molecule has 4 rings (SSSR count). The van der Waals surface area contributed by atoms with Gasteiger partial charge in [0.1, 0.15) is 6.54 Å². The van der Waals surface area contributed by atoms with Gasteiger partial charge in [-0.25, -0.2) is 4.79 Å². The van der Waals surface area contributed by atoms with E-state index in [9.17, 15) is 61.7 Å². The van der Waals surface area contributed by atoms with Gasteiger partial charge in [-0.2, -0.15) is 29.8 Å². The normalized spacial score (nSPS) is 21.5. The summed E-state index contributed by atoms with van der Waals surface area (Å²) in [4.78, 5) is 40.7. The zero-order valence-corrected chi connectivity index (χ0v) is 38.9. The van der Waals surface area contributed by atoms with Crippen molar-refractivity contribution >= 4 is 83.0 Å². The molecule has 21 nitrogen and oxygen atoms in total. The maximum absolute atomic E-state index is 12.4. The van der Waals surface area contributed by atoms with Gasteiger partial charge in [-0.3, -0.25) is 23.2 Å². The van der Waals surface area contributed by atoms with Crippen LogP contribution in [0.2, 0.25) is 0 Å². The number of fused-ring (bicyclic) bond motifs is 1. The van der Waals surface area contributed by atoms with Crippen LogP contribution in [0.15, 0.2) is 69.3 Å². The smallest absolute Gasteiger partial charge is 0.330 e. The summed E-state index contributed by atoms with van der Waals surface area (Å²) in [5.74, 6) is -3.42. The molecule has 3 aliphatic rings. The van der Waals surface area contributed by atoms with Gasteiger partial charge in [0, 0.05) is 43.4 Å². The number of carbonyl (C=O) groups is 3. The molecule has 1 fully saturated rings. The fraction of sp³-hybridized carbons (Fsp3) is 0.553. The van der Waals surface area contributed by atoms with Crippen LogP contribution in [-0.2, 0) is 69.4 Å². The minimum atomic E-state index is -4.67. The maximum atomic E-state index is 12.4. The standard InChI is InChI=1S/C38H52BN5O16S4/c1-28-37(2,20-11-26-63(54,55)60-41-39)33(43(40-28)23-12-25-62(51,52)53)14-7-4-6-13-32-38(3,21-10-24-61(48,49)50)30-27-29(64(56,57)58)16-17-31(30)42(32)22-9-5-8-15-36(47)59-44-34(45)18-19-35(44)46/h4,6-7,13-14,16-17,27,39H,5,8-12,15,18-26H2,1-3H3,(H2-,48,49,50,51,52,53,56,57,58)/p+1. The summed E-state index contributed by atoms with van der Waals surface area (Å²) in [6.45, 7) is 5.79. The van der Waals surface area contributed by atoms with Gasteiger partial charge in [0.05, 0.1) is 16.1 Å². The molecule has 26 heteroatoms. The summed E-state index contributed by atoms with van der Waals surface area (Å²) < 4.78 is 131. The van der Waals surface area contributed by atoms with E-state index in [1.165, 1.54) is 18.2 Å². The summed E-state index contributed by atoms with van der Waals surface area (Å²) in [6, 6.07) is 4.07. The number of amides is 2. The van der Waals surface area contributed by atoms with Crippen LogP contribution < -0.4 is 0 Å². The fourth-order valence-corrected chi connectivity index (χ4v) is 10.1. The molecule has 1 saturated heterocycles. The van der Waals surface area contributed by atoms with Crippen molar-refractivity contribution < 1.29 is 75.4 Å². The monoisotopic (exact) mass is 974 g/mol. The molecule has 2 amide bonds. The molecule has 1 aromatic rings. The number of hydroxylamine groups is 2. The van der Waals surface area contributed by atoms with Crippen molar-refractivity contribution in [2.24, 2.45) is 15.6 Å². The Balaban J connectivity index is 1.68. The number of carbonyl (C=O) groups excluding carboxylic acids is 3. The third kappa shape index (κ3) is 14.0. The van der Waals surface area contributed by atoms with Crippen LogP contribution in [0, 0.1) is 5.41 Å². The second-order valence-electron chi connectivity index (χ2n) is 15.9. The molecule has 64 heavy (non-hydrogen) atoms. The van der Waals surface area contributed by atoms with Crippen LogP contribution in [0.3, 0.4) is 0 Å². The molecule has 0 saturated carbocycles. The number of unbranched alkanes of at least 4 members (excludes halogenated alkanes) is 2. The average Bonchev–Trinajstić information content (AvgIpc) is 3.70. The van der Waals surface area contributed by atoms with Crippen LogP contribution in [0.1, 0.15) is 97.0 Å². The number of allylic oxidation sites excluding steroid dienone is 6. The van der Waals surface area contributed by atoms with E-state index in [0.29, 0.717) is 59.2 Å². The second kappa shape index (κ2) is 21.2. The molecule has 0 aromatic heterocycles. The predicted octanol–water partition coefficient (Wildman–Crippen LogP) is 3.22. The first-order valence-electron chi connectivity index (χ1n) is 20.2. The van der Waals surface area contributed by atoms with Crippen LogP contribution in [0.4, 0.5) is 5.69 Å². The SMILES string of the molecule is B=NOS(=O)(=O)CCCC1(C)C(C)=NN(CCCS(=O)(=O)O)\C1=C/C=C/C=C/C1=[N+](CCCCCC(=O)ON2C(=O)CCC2=O)c2ccc(S(=O)(=O)O)cc2C1(C)CCCS(=O)(=O)O. The summed E-state index contributed by atoms with van der Waals surface area (Å²) in [6.07, 6.45) is 10.1. The summed E-state index contributed by atoms with van der Waals surface area (Å²) in [5.41, 5.74) is 0.931. The fourth-order valence-electron chi connectivity index (χ4n) is 7.86. The van der Waals surface area contributed by atoms with E-state index in [2.05, 4.69) is 22.1 Å². The Kier molecular flexibility index (Phi) is 17.3. The number of rotatable bonds is 25. The van der Waals surface area contributed by atoms with Crippen LogP contribution in [0.5, 0.6) is 0 Å². The van der Waals surface area contributed by atoms with Crippen molar-refractivity contribution in [2.45, 2.75) is 102 Å². The third-order valence-corrected chi connectivity index (χ3v) is 14.8. The Labute approximate surface area is 374 Å². The van der Waals surface area contributed by atoms with Crippen molar-refractivity contribution in [2.75, 3.05) is 30.3 Å². The molecule has 3 N–H and O–H groups in total. The molecule has 0 aliphatic carbocycles. The van der Waals surface area contributed by atoms with Crippen molar-refractivity contribution in [3.05, 3.63) is 59.8 Å². The van der Waals surface area contributed by atoms with E-state index in [0.717, 1.165) is 0 Å². The number of nitrogens with zero attached hydrogens (tertiary/aromatic N) is 5. The average molecular weight is 975 g/mol. The van der Waals surface area contributed by atoms with Gasteiger partial charge in [-0.1, -0.05) is 0 Å². The van der Waals surface area contributed by atoms with Crippen molar-refractivity contribution in [1.82, 2.24) is 10.1 Å². The van der Waals surface area contributed by atoms with E-state index >= 15 is 0 Å². The zero-order valence-electron chi connectivity index (χ0n) is 35.7. The molecule has 0 radical (unpaired) electrons. The van der Waals surface area contributed by atoms with E-state index in [-0.39, 0.29) is 63.7 Å². The molecule has 3 aliphatic heterocycles. The van der Waals surface area contributed by atoms with Crippen molar-refractivity contribution in [1.29, 1.82) is 0 Å². The van der Waals surface area contributed by atoms with Gasteiger partial charge in [0.25, 0.3) is 42.2 Å². The first-order valence-corrected chi connectivity index (χ1v) is 26.4. The number of imide groups is 1. The summed E-state index contributed by atoms with van der Waals surface area (Å²) in [5, 5.41) is 9.67. The molecule has 3 heterocycles. The van der Waals surface area contributed by atoms with E-state index in [1.54, 1.807) is 49.2 Å². The Morgan fingerprint density at radius 1 is 0.859 bits per heavy atom. The molecular weight excluding hydrogens is 922 g/mol. The first kappa shape index (κ1) is 52.2. The quantitative estimate of drug-likeness (QED) is 0.0241. The summed E-state index contributed by atoms with van der Waals surface area (Å²) in [7, 11) is -14.3. The number of hydrogen-bond acceptors (Lipinski definition) is 16. The van der Waals surface area contributed by atoms with Gasteiger partial charge in [0.15, 0.2) is 5.71 Å². The molecule has 2 atom stereocenters. The van der Waals surface area contributed by atoms with Gasteiger partial charge in [-0.05, 0) is 44.7 Å². The third-order valence-electron chi connectivity index (χ3n) is 11.2. The number of hydrogen-bond donors (Lipinski definition) is 3. The van der Waals surface area contributed by atoms with Crippen molar-refractivity contribution in [3.8, 4) is 0 Å². The van der Waals surface area contributed by atoms with Crippen LogP contribution in [-0.4, -0.2) is 129 Å². The minimum absolute atomic E-state index is 0.0226.